The molecule has 0 amide bonds. The molecule has 0 unspecified atom stereocenters. The van der Waals surface area contributed by atoms with E-state index in [0.29, 0.717) is 5.82 Å². The Morgan fingerprint density at radius 2 is 2.05 bits per heavy atom. The van der Waals surface area contributed by atoms with Crippen molar-refractivity contribution in [1.82, 2.24) is 9.97 Å². The lowest BCUT2D eigenvalue weighted by molar-refractivity contribution is 0.891. The Hall–Kier alpha value is -2.13. The molecule has 1 N–H and O–H groups in total. The van der Waals surface area contributed by atoms with Crippen molar-refractivity contribution in [3.05, 3.63) is 46.7 Å². The fraction of sp³-hybridized carbons (Fsp3) is 0.214. The highest BCUT2D eigenvalue weighted by molar-refractivity contribution is 9.10. The Bertz CT molecular complexity index is 606. The van der Waals surface area contributed by atoms with Crippen LogP contribution in [0.5, 0.6) is 0 Å². The van der Waals surface area contributed by atoms with Gasteiger partial charge in [0, 0.05) is 24.1 Å². The van der Waals surface area contributed by atoms with E-state index in [1.807, 2.05) is 36.2 Å². The molecule has 2 aromatic rings. The number of halogens is 1. The van der Waals surface area contributed by atoms with Crippen LogP contribution in [0.15, 0.2) is 41.1 Å². The maximum Gasteiger partial charge on any atom is 0.134 e. The Morgan fingerprint density at radius 3 is 2.75 bits per heavy atom. The predicted molar refractivity (Wildman–Crippen MR) is 82.4 cm³/mol. The first-order valence-corrected chi connectivity index (χ1v) is 6.87. The molecule has 0 aliphatic carbocycles. The normalized spacial score (nSPS) is 9.85. The highest BCUT2D eigenvalue weighted by atomic mass is 79.9. The summed E-state index contributed by atoms with van der Waals surface area (Å²) >= 11 is 3.42. The average Bonchev–Trinajstić information content (AvgIpc) is 2.48. The Balaban J connectivity index is 2.06. The minimum atomic E-state index is 0.229. The zero-order chi connectivity index (χ0) is 14.4. The van der Waals surface area contributed by atoms with E-state index in [0.717, 1.165) is 16.8 Å². The molecule has 1 aromatic heterocycles. The molecule has 0 saturated carbocycles. The third-order valence-corrected chi connectivity index (χ3v) is 3.25. The van der Waals surface area contributed by atoms with Gasteiger partial charge in [0.1, 0.15) is 24.5 Å². The minimum absolute atomic E-state index is 0.229. The molecule has 0 aliphatic heterocycles. The maximum absolute atomic E-state index is 8.55. The Labute approximate surface area is 126 Å². The molecule has 2 rings (SSSR count). The number of anilines is 2. The Kier molecular flexibility index (Phi) is 4.91. The summed E-state index contributed by atoms with van der Waals surface area (Å²) in [5.41, 5.74) is 1.20. The molecule has 20 heavy (non-hydrogen) atoms. The second kappa shape index (κ2) is 6.87. The molecule has 102 valence electrons. The second-order valence-electron chi connectivity index (χ2n) is 4.26. The monoisotopic (exact) mass is 331 g/mol. The molecule has 0 fully saturated rings. The van der Waals surface area contributed by atoms with Crippen molar-refractivity contribution in [1.29, 1.82) is 5.26 Å². The fourth-order valence-electron chi connectivity index (χ4n) is 1.73. The summed E-state index contributed by atoms with van der Waals surface area (Å²) in [7, 11) is 1.97. The summed E-state index contributed by atoms with van der Waals surface area (Å²) in [4.78, 5) is 10.3. The third kappa shape index (κ3) is 3.93. The number of nitriles is 1. The van der Waals surface area contributed by atoms with E-state index in [2.05, 4.69) is 43.3 Å². The summed E-state index contributed by atoms with van der Waals surface area (Å²) in [6.07, 6.45) is 1.49. The van der Waals surface area contributed by atoms with Crippen LogP contribution in [0, 0.1) is 11.3 Å². The molecular formula is C14H14BrN5. The number of hydrogen-bond acceptors (Lipinski definition) is 5. The molecule has 0 spiro atoms. The molecule has 0 aliphatic rings. The van der Waals surface area contributed by atoms with Gasteiger partial charge < -0.3 is 10.2 Å². The largest absolute Gasteiger partial charge is 0.357 e. The van der Waals surface area contributed by atoms with Crippen molar-refractivity contribution in [2.24, 2.45) is 0 Å². The topological polar surface area (TPSA) is 64.8 Å². The zero-order valence-electron chi connectivity index (χ0n) is 11.0. The number of benzene rings is 1. The summed E-state index contributed by atoms with van der Waals surface area (Å²) in [5.74, 6) is 1.46. The summed E-state index contributed by atoms with van der Waals surface area (Å²) in [6.45, 7) is 0.981. The highest BCUT2D eigenvalue weighted by Gasteiger charge is 2.05. The summed E-state index contributed by atoms with van der Waals surface area (Å²) < 4.78 is 1.06. The third-order valence-electron chi connectivity index (χ3n) is 2.73. The fourth-order valence-corrected chi connectivity index (χ4v) is 1.99. The first-order chi connectivity index (χ1) is 9.69. The molecule has 0 atom stereocenters. The van der Waals surface area contributed by atoms with E-state index < -0.39 is 0 Å². The van der Waals surface area contributed by atoms with Crippen LogP contribution >= 0.6 is 15.9 Å². The lowest BCUT2D eigenvalue weighted by atomic mass is 10.2. The van der Waals surface area contributed by atoms with Crippen molar-refractivity contribution in [3.8, 4) is 6.07 Å². The van der Waals surface area contributed by atoms with Crippen LogP contribution in [0.1, 0.15) is 5.56 Å². The van der Waals surface area contributed by atoms with Crippen molar-refractivity contribution in [2.45, 2.75) is 6.54 Å². The molecule has 0 saturated heterocycles. The number of rotatable bonds is 5. The van der Waals surface area contributed by atoms with Crippen LogP contribution in [0.4, 0.5) is 11.6 Å². The van der Waals surface area contributed by atoms with Gasteiger partial charge in [-0.05, 0) is 17.7 Å². The summed E-state index contributed by atoms with van der Waals surface area (Å²) in [5, 5.41) is 11.5. The molecule has 5 nitrogen and oxygen atoms in total. The van der Waals surface area contributed by atoms with Gasteiger partial charge >= 0.3 is 0 Å². The lowest BCUT2D eigenvalue weighted by Crippen LogP contribution is -2.18. The van der Waals surface area contributed by atoms with Crippen LogP contribution in [-0.4, -0.2) is 23.6 Å². The molecule has 1 aromatic carbocycles. The first kappa shape index (κ1) is 14.3. The van der Waals surface area contributed by atoms with Gasteiger partial charge in [0.05, 0.1) is 6.07 Å². The minimum Gasteiger partial charge on any atom is -0.357 e. The quantitative estimate of drug-likeness (QED) is 0.853. The van der Waals surface area contributed by atoms with Gasteiger partial charge in [-0.15, -0.1) is 0 Å². The second-order valence-corrected chi connectivity index (χ2v) is 5.17. The van der Waals surface area contributed by atoms with Gasteiger partial charge in [-0.2, -0.15) is 5.26 Å². The summed E-state index contributed by atoms with van der Waals surface area (Å²) in [6, 6.07) is 12.0. The van der Waals surface area contributed by atoms with Gasteiger partial charge in [0.2, 0.25) is 0 Å². The number of aromatic nitrogens is 2. The van der Waals surface area contributed by atoms with Crippen molar-refractivity contribution in [2.75, 3.05) is 23.8 Å². The van der Waals surface area contributed by atoms with Crippen molar-refractivity contribution >= 4 is 27.6 Å². The Morgan fingerprint density at radius 1 is 1.30 bits per heavy atom. The van der Waals surface area contributed by atoms with E-state index in [1.54, 1.807) is 0 Å². The van der Waals surface area contributed by atoms with Gasteiger partial charge in [-0.3, -0.25) is 0 Å². The highest BCUT2D eigenvalue weighted by Crippen LogP contribution is 2.16. The van der Waals surface area contributed by atoms with Gasteiger partial charge in [-0.25, -0.2) is 9.97 Å². The van der Waals surface area contributed by atoms with E-state index in [9.17, 15) is 0 Å². The number of hydrogen-bond donors (Lipinski definition) is 1. The van der Waals surface area contributed by atoms with E-state index in [-0.39, 0.29) is 6.54 Å². The van der Waals surface area contributed by atoms with Crippen LogP contribution in [0.2, 0.25) is 0 Å². The number of nitrogens with zero attached hydrogens (tertiary/aromatic N) is 4. The molecule has 6 heteroatoms. The van der Waals surface area contributed by atoms with Crippen LogP contribution in [0.3, 0.4) is 0 Å². The molecule has 0 bridgehead atoms. The average molecular weight is 332 g/mol. The number of nitrogens with one attached hydrogen (secondary N) is 1. The predicted octanol–water partition coefficient (Wildman–Crippen LogP) is 2.81. The van der Waals surface area contributed by atoms with Crippen LogP contribution in [-0.2, 0) is 6.54 Å². The first-order valence-electron chi connectivity index (χ1n) is 6.07. The standard InChI is InChI=1S/C14H14BrN5/c1-20(9-11-2-4-12(15)5-3-11)14-8-13(17-7-6-16)18-10-19-14/h2-5,8,10H,7,9H2,1H3,(H,17,18,19). The van der Waals surface area contributed by atoms with Crippen LogP contribution in [0.25, 0.3) is 0 Å². The smallest absolute Gasteiger partial charge is 0.134 e. The lowest BCUT2D eigenvalue weighted by Gasteiger charge is -2.18. The van der Waals surface area contributed by atoms with Gasteiger partial charge in [0.15, 0.2) is 0 Å². The van der Waals surface area contributed by atoms with Crippen molar-refractivity contribution in [3.63, 3.8) is 0 Å². The van der Waals surface area contributed by atoms with E-state index in [1.165, 1.54) is 11.9 Å². The van der Waals surface area contributed by atoms with Crippen LogP contribution < -0.4 is 10.2 Å². The van der Waals surface area contributed by atoms with Gasteiger partial charge in [-0.1, -0.05) is 28.1 Å². The molecule has 1 heterocycles. The molecular weight excluding hydrogens is 318 g/mol. The van der Waals surface area contributed by atoms with Gasteiger partial charge in [0.25, 0.3) is 0 Å². The SMILES string of the molecule is CN(Cc1ccc(Br)cc1)c1cc(NCC#N)ncn1. The zero-order valence-corrected chi connectivity index (χ0v) is 12.6. The molecule has 0 radical (unpaired) electrons. The van der Waals surface area contributed by atoms with E-state index in [4.69, 9.17) is 5.26 Å². The maximum atomic E-state index is 8.55. The van der Waals surface area contributed by atoms with Crippen molar-refractivity contribution < 1.29 is 0 Å². The van der Waals surface area contributed by atoms with E-state index >= 15 is 0 Å².